The maximum atomic E-state index is 12.6. The molecule has 0 atom stereocenters. The van der Waals surface area contributed by atoms with Gasteiger partial charge in [-0.25, -0.2) is 0 Å². The molecule has 0 aromatic heterocycles. The molecule has 156 valence electrons. The van der Waals surface area contributed by atoms with Crippen LogP contribution in [-0.2, 0) is 17.9 Å². The van der Waals surface area contributed by atoms with Crippen molar-refractivity contribution in [2.75, 3.05) is 27.9 Å². The highest BCUT2D eigenvalue weighted by molar-refractivity contribution is 6.30. The molecule has 29 heavy (non-hydrogen) atoms. The molecule has 1 aliphatic rings. The van der Waals surface area contributed by atoms with Gasteiger partial charge in [0.25, 0.3) is 0 Å². The van der Waals surface area contributed by atoms with Gasteiger partial charge in [-0.05, 0) is 48.2 Å². The molecule has 2 aromatic rings. The fourth-order valence-corrected chi connectivity index (χ4v) is 3.38. The number of nitrogens with zero attached hydrogens (tertiary/aromatic N) is 1. The molecule has 6 nitrogen and oxygen atoms in total. The lowest BCUT2D eigenvalue weighted by Crippen LogP contribution is -2.37. The van der Waals surface area contributed by atoms with E-state index in [0.29, 0.717) is 36.4 Å². The average molecular weight is 419 g/mol. The molecule has 7 heteroatoms. The predicted molar refractivity (Wildman–Crippen MR) is 113 cm³/mol. The zero-order valence-corrected chi connectivity index (χ0v) is 17.8. The van der Waals surface area contributed by atoms with E-state index in [1.165, 1.54) is 0 Å². The second kappa shape index (κ2) is 9.85. The maximum Gasteiger partial charge on any atom is 0.234 e. The molecule has 1 amide bonds. The third kappa shape index (κ3) is 5.78. The van der Waals surface area contributed by atoms with Gasteiger partial charge in [-0.1, -0.05) is 23.7 Å². The van der Waals surface area contributed by atoms with Crippen molar-refractivity contribution in [1.29, 1.82) is 0 Å². The van der Waals surface area contributed by atoms with Crippen LogP contribution in [0.5, 0.6) is 17.2 Å². The van der Waals surface area contributed by atoms with E-state index in [-0.39, 0.29) is 5.91 Å². The highest BCUT2D eigenvalue weighted by Gasteiger charge is 2.30. The Morgan fingerprint density at radius 3 is 2.17 bits per heavy atom. The van der Waals surface area contributed by atoms with Gasteiger partial charge in [0.2, 0.25) is 11.7 Å². The monoisotopic (exact) mass is 418 g/mol. The zero-order chi connectivity index (χ0) is 20.8. The molecule has 0 bridgehead atoms. The molecule has 1 aliphatic carbocycles. The highest BCUT2D eigenvalue weighted by atomic mass is 35.5. The topological polar surface area (TPSA) is 60.0 Å². The van der Waals surface area contributed by atoms with Gasteiger partial charge in [0, 0.05) is 24.2 Å². The van der Waals surface area contributed by atoms with Crippen molar-refractivity contribution in [3.8, 4) is 17.2 Å². The number of benzene rings is 2. The number of hydrogen-bond acceptors (Lipinski definition) is 5. The number of carbonyl (C=O) groups excluding carboxylic acids is 1. The second-order valence-corrected chi connectivity index (χ2v) is 7.51. The number of halogens is 1. The Bertz CT molecular complexity index is 812. The predicted octanol–water partition coefficient (Wildman–Crippen LogP) is 3.65. The number of hydrogen-bond donors (Lipinski definition) is 1. The number of ether oxygens (including phenoxy) is 3. The van der Waals surface area contributed by atoms with E-state index in [1.807, 2.05) is 36.4 Å². The van der Waals surface area contributed by atoms with E-state index in [0.717, 1.165) is 35.5 Å². The molecule has 0 aliphatic heterocycles. The van der Waals surface area contributed by atoms with Crippen molar-refractivity contribution in [1.82, 2.24) is 10.2 Å². The minimum absolute atomic E-state index is 0.0142. The first kappa shape index (κ1) is 21.3. The standard InChI is InChI=1S/C22H27ClN2O4/c1-27-19-10-16(11-20(28-2)22(19)29-3)12-24-21(26)14-25(18-8-9-18)13-15-4-6-17(23)7-5-15/h4-7,10-11,18H,8-9,12-14H2,1-3H3,(H,24,26). The van der Waals surface area contributed by atoms with Gasteiger partial charge in [0.15, 0.2) is 11.5 Å². The third-order valence-corrected chi connectivity index (χ3v) is 5.18. The van der Waals surface area contributed by atoms with Crippen LogP contribution in [0.25, 0.3) is 0 Å². The van der Waals surface area contributed by atoms with E-state index in [4.69, 9.17) is 25.8 Å². The summed E-state index contributed by atoms with van der Waals surface area (Å²) in [6.45, 7) is 1.48. The maximum absolute atomic E-state index is 12.6. The summed E-state index contributed by atoms with van der Waals surface area (Å²) in [7, 11) is 4.71. The summed E-state index contributed by atoms with van der Waals surface area (Å²) in [4.78, 5) is 14.8. The Labute approximate surface area is 176 Å². The summed E-state index contributed by atoms with van der Waals surface area (Å²) in [5.74, 6) is 1.66. The minimum atomic E-state index is -0.0142. The number of nitrogens with one attached hydrogen (secondary N) is 1. The lowest BCUT2D eigenvalue weighted by molar-refractivity contribution is -0.122. The smallest absolute Gasteiger partial charge is 0.234 e. The lowest BCUT2D eigenvalue weighted by atomic mass is 10.1. The van der Waals surface area contributed by atoms with Crippen LogP contribution in [-0.4, -0.2) is 44.7 Å². The van der Waals surface area contributed by atoms with Gasteiger partial charge >= 0.3 is 0 Å². The van der Waals surface area contributed by atoms with Gasteiger partial charge in [-0.2, -0.15) is 0 Å². The van der Waals surface area contributed by atoms with Crippen molar-refractivity contribution < 1.29 is 19.0 Å². The van der Waals surface area contributed by atoms with Crippen molar-refractivity contribution >= 4 is 17.5 Å². The molecular formula is C22H27ClN2O4. The highest BCUT2D eigenvalue weighted by Crippen LogP contribution is 2.38. The van der Waals surface area contributed by atoms with Gasteiger partial charge in [0.1, 0.15) is 0 Å². The van der Waals surface area contributed by atoms with E-state index >= 15 is 0 Å². The minimum Gasteiger partial charge on any atom is -0.493 e. The van der Waals surface area contributed by atoms with Gasteiger partial charge < -0.3 is 19.5 Å². The van der Waals surface area contributed by atoms with E-state index in [1.54, 1.807) is 21.3 Å². The molecule has 3 rings (SSSR count). The van der Waals surface area contributed by atoms with Crippen LogP contribution in [0.1, 0.15) is 24.0 Å². The molecule has 0 saturated heterocycles. The lowest BCUT2D eigenvalue weighted by Gasteiger charge is -2.21. The molecule has 1 fully saturated rings. The van der Waals surface area contributed by atoms with E-state index in [2.05, 4.69) is 10.2 Å². The van der Waals surface area contributed by atoms with Gasteiger partial charge in [-0.15, -0.1) is 0 Å². The Hall–Kier alpha value is -2.44. The molecule has 0 spiro atoms. The molecule has 2 aromatic carbocycles. The van der Waals surface area contributed by atoms with Crippen LogP contribution in [0, 0.1) is 0 Å². The first-order chi connectivity index (χ1) is 14.0. The van der Waals surface area contributed by atoms with Crippen molar-refractivity contribution in [2.45, 2.75) is 32.0 Å². The first-order valence-electron chi connectivity index (χ1n) is 9.58. The second-order valence-electron chi connectivity index (χ2n) is 7.07. The number of carbonyl (C=O) groups is 1. The van der Waals surface area contributed by atoms with Crippen LogP contribution >= 0.6 is 11.6 Å². The SMILES string of the molecule is COc1cc(CNC(=O)CN(Cc2ccc(Cl)cc2)C2CC2)cc(OC)c1OC. The average Bonchev–Trinajstić information content (AvgIpc) is 3.57. The van der Waals surface area contributed by atoms with Gasteiger partial charge in [-0.3, -0.25) is 9.69 Å². The Balaban J connectivity index is 1.60. The molecule has 0 heterocycles. The summed E-state index contributed by atoms with van der Waals surface area (Å²) >= 11 is 5.97. The Morgan fingerprint density at radius 1 is 1.03 bits per heavy atom. The fraction of sp³-hybridized carbons (Fsp3) is 0.409. The Morgan fingerprint density at radius 2 is 1.66 bits per heavy atom. The van der Waals surface area contributed by atoms with Crippen LogP contribution in [0.15, 0.2) is 36.4 Å². The zero-order valence-electron chi connectivity index (χ0n) is 17.0. The largest absolute Gasteiger partial charge is 0.493 e. The number of amides is 1. The molecule has 1 saturated carbocycles. The number of methoxy groups -OCH3 is 3. The van der Waals surface area contributed by atoms with Crippen LogP contribution in [0.2, 0.25) is 5.02 Å². The fourth-order valence-electron chi connectivity index (χ4n) is 3.26. The first-order valence-corrected chi connectivity index (χ1v) is 9.96. The van der Waals surface area contributed by atoms with E-state index in [9.17, 15) is 4.79 Å². The summed E-state index contributed by atoms with van der Waals surface area (Å²) in [6, 6.07) is 11.9. The number of rotatable bonds is 10. The van der Waals surface area contributed by atoms with Crippen molar-refractivity contribution in [2.24, 2.45) is 0 Å². The van der Waals surface area contributed by atoms with Crippen LogP contribution in [0.3, 0.4) is 0 Å². The molecular weight excluding hydrogens is 392 g/mol. The van der Waals surface area contributed by atoms with E-state index < -0.39 is 0 Å². The normalized spacial score (nSPS) is 13.3. The van der Waals surface area contributed by atoms with Gasteiger partial charge in [0.05, 0.1) is 27.9 Å². The molecule has 0 unspecified atom stereocenters. The third-order valence-electron chi connectivity index (χ3n) is 4.92. The Kier molecular flexibility index (Phi) is 7.23. The summed E-state index contributed by atoms with van der Waals surface area (Å²) in [6.07, 6.45) is 2.27. The summed E-state index contributed by atoms with van der Waals surface area (Å²) in [5, 5.41) is 3.71. The quantitative estimate of drug-likeness (QED) is 0.638. The molecule has 0 radical (unpaired) electrons. The van der Waals surface area contributed by atoms with Crippen molar-refractivity contribution in [3.63, 3.8) is 0 Å². The molecule has 1 N–H and O–H groups in total. The summed E-state index contributed by atoms with van der Waals surface area (Å²) in [5.41, 5.74) is 2.03. The van der Waals surface area contributed by atoms with Crippen LogP contribution in [0.4, 0.5) is 0 Å². The van der Waals surface area contributed by atoms with Crippen molar-refractivity contribution in [3.05, 3.63) is 52.5 Å². The van der Waals surface area contributed by atoms with Crippen LogP contribution < -0.4 is 19.5 Å². The summed E-state index contributed by atoms with van der Waals surface area (Å²) < 4.78 is 16.1.